The van der Waals surface area contributed by atoms with Crippen LogP contribution in [0.1, 0.15) is 21.5 Å². The third-order valence-electron chi connectivity index (χ3n) is 2.65. The van der Waals surface area contributed by atoms with Crippen LogP contribution in [-0.2, 0) is 6.18 Å². The summed E-state index contributed by atoms with van der Waals surface area (Å²) in [4.78, 5) is 12.1. The molecule has 0 radical (unpaired) electrons. The van der Waals surface area contributed by atoms with Gasteiger partial charge in [-0.05, 0) is 30.3 Å². The molecule has 1 nitrogen and oxygen atoms in total. The minimum atomic E-state index is -4.46. The van der Waals surface area contributed by atoms with E-state index < -0.39 is 23.3 Å². The van der Waals surface area contributed by atoms with E-state index in [0.29, 0.717) is 0 Å². The summed E-state index contributed by atoms with van der Waals surface area (Å²) >= 11 is 5.74. The summed E-state index contributed by atoms with van der Waals surface area (Å²) in [6.45, 7) is 0. The van der Waals surface area contributed by atoms with E-state index in [1.54, 1.807) is 0 Å². The Labute approximate surface area is 116 Å². The minimum absolute atomic E-state index is 0.0350. The molecule has 0 unspecified atom stereocenters. The zero-order chi connectivity index (χ0) is 14.9. The van der Waals surface area contributed by atoms with Gasteiger partial charge in [0.05, 0.1) is 10.6 Å². The zero-order valence-corrected chi connectivity index (χ0v) is 10.6. The molecule has 0 aliphatic carbocycles. The molecule has 6 heteroatoms. The van der Waals surface area contributed by atoms with Gasteiger partial charge in [0, 0.05) is 11.1 Å². The van der Waals surface area contributed by atoms with Crippen molar-refractivity contribution < 1.29 is 22.4 Å². The molecule has 0 saturated carbocycles. The highest BCUT2D eigenvalue weighted by Crippen LogP contribution is 2.29. The molecule has 20 heavy (non-hydrogen) atoms. The maximum absolute atomic E-state index is 12.9. The van der Waals surface area contributed by atoms with Crippen molar-refractivity contribution in [2.75, 3.05) is 0 Å². The van der Waals surface area contributed by atoms with Crippen LogP contribution in [0.5, 0.6) is 0 Å². The van der Waals surface area contributed by atoms with Gasteiger partial charge < -0.3 is 0 Å². The van der Waals surface area contributed by atoms with E-state index in [1.807, 2.05) is 0 Å². The van der Waals surface area contributed by atoms with Gasteiger partial charge in [-0.3, -0.25) is 4.79 Å². The maximum Gasteiger partial charge on any atom is 0.416 e. The first kappa shape index (κ1) is 14.5. The SMILES string of the molecule is O=C(c1ccc(C(F)(F)F)cc1)c1ccc(F)cc1Cl. The number of hydrogen-bond acceptors (Lipinski definition) is 1. The molecule has 0 N–H and O–H groups in total. The number of carbonyl (C=O) groups is 1. The van der Waals surface area contributed by atoms with Gasteiger partial charge >= 0.3 is 6.18 Å². The Morgan fingerprint density at radius 1 is 1.00 bits per heavy atom. The van der Waals surface area contributed by atoms with E-state index in [2.05, 4.69) is 0 Å². The van der Waals surface area contributed by atoms with Crippen LogP contribution in [0, 0.1) is 5.82 Å². The fraction of sp³-hybridized carbons (Fsp3) is 0.0714. The highest BCUT2D eigenvalue weighted by molar-refractivity contribution is 6.35. The average molecular weight is 303 g/mol. The molecule has 2 rings (SSSR count). The van der Waals surface area contributed by atoms with Gasteiger partial charge in [-0.1, -0.05) is 23.7 Å². The van der Waals surface area contributed by atoms with Gasteiger partial charge in [0.2, 0.25) is 0 Å². The molecule has 0 bridgehead atoms. The first-order valence-electron chi connectivity index (χ1n) is 5.46. The van der Waals surface area contributed by atoms with Crippen molar-refractivity contribution in [1.29, 1.82) is 0 Å². The van der Waals surface area contributed by atoms with Crippen LogP contribution in [0.4, 0.5) is 17.6 Å². The van der Waals surface area contributed by atoms with Gasteiger partial charge in [-0.25, -0.2) is 4.39 Å². The van der Waals surface area contributed by atoms with Crippen molar-refractivity contribution >= 4 is 17.4 Å². The lowest BCUT2D eigenvalue weighted by Crippen LogP contribution is -2.07. The molecule has 0 saturated heterocycles. The lowest BCUT2D eigenvalue weighted by atomic mass is 10.0. The largest absolute Gasteiger partial charge is 0.416 e. The molecule has 0 spiro atoms. The Kier molecular flexibility index (Phi) is 3.81. The minimum Gasteiger partial charge on any atom is -0.289 e. The fourth-order valence-electron chi connectivity index (χ4n) is 1.64. The van der Waals surface area contributed by atoms with Crippen molar-refractivity contribution in [3.05, 3.63) is 70.0 Å². The lowest BCUT2D eigenvalue weighted by molar-refractivity contribution is -0.137. The van der Waals surface area contributed by atoms with Crippen molar-refractivity contribution in [2.24, 2.45) is 0 Å². The van der Waals surface area contributed by atoms with Crippen LogP contribution in [0.3, 0.4) is 0 Å². The third-order valence-corrected chi connectivity index (χ3v) is 2.96. The molecule has 0 fully saturated rings. The first-order chi connectivity index (χ1) is 9.29. The molecule has 0 amide bonds. The Hall–Kier alpha value is -1.88. The number of ketones is 1. The molecular formula is C14H7ClF4O. The Morgan fingerprint density at radius 2 is 1.60 bits per heavy atom. The number of benzene rings is 2. The summed E-state index contributed by atoms with van der Waals surface area (Å²) in [6.07, 6.45) is -4.46. The predicted octanol–water partition coefficient (Wildman–Crippen LogP) is 4.73. The Bertz CT molecular complexity index is 647. The Morgan fingerprint density at radius 3 is 2.10 bits per heavy atom. The number of rotatable bonds is 2. The summed E-state index contributed by atoms with van der Waals surface area (Å²) in [7, 11) is 0. The van der Waals surface area contributed by atoms with E-state index >= 15 is 0 Å². The van der Waals surface area contributed by atoms with Crippen molar-refractivity contribution in [2.45, 2.75) is 6.18 Å². The van der Waals surface area contributed by atoms with E-state index in [0.717, 1.165) is 36.4 Å². The highest BCUT2D eigenvalue weighted by Gasteiger charge is 2.30. The maximum atomic E-state index is 12.9. The van der Waals surface area contributed by atoms with Crippen LogP contribution in [0.2, 0.25) is 5.02 Å². The molecule has 2 aromatic rings. The molecule has 0 atom stereocenters. The second-order valence-electron chi connectivity index (χ2n) is 4.03. The number of halogens is 5. The van der Waals surface area contributed by atoms with E-state index in [4.69, 9.17) is 11.6 Å². The summed E-state index contributed by atoms with van der Waals surface area (Å²) < 4.78 is 50.1. The monoisotopic (exact) mass is 302 g/mol. The van der Waals surface area contributed by atoms with Crippen LogP contribution < -0.4 is 0 Å². The highest BCUT2D eigenvalue weighted by atomic mass is 35.5. The molecule has 0 aliphatic rings. The molecule has 0 aliphatic heterocycles. The standard InChI is InChI=1S/C14H7ClF4O/c15-12-7-10(16)5-6-11(12)13(20)8-1-3-9(4-2-8)14(17,18)19/h1-7H. The van der Waals surface area contributed by atoms with Gasteiger partial charge in [0.1, 0.15) is 5.82 Å². The van der Waals surface area contributed by atoms with Crippen LogP contribution in [0.25, 0.3) is 0 Å². The van der Waals surface area contributed by atoms with Gasteiger partial charge in [0.15, 0.2) is 5.78 Å². The smallest absolute Gasteiger partial charge is 0.289 e. The summed E-state index contributed by atoms with van der Waals surface area (Å²) in [6, 6.07) is 6.96. The van der Waals surface area contributed by atoms with Crippen molar-refractivity contribution in [1.82, 2.24) is 0 Å². The molecular weight excluding hydrogens is 296 g/mol. The van der Waals surface area contributed by atoms with Crippen molar-refractivity contribution in [3.8, 4) is 0 Å². The predicted molar refractivity (Wildman–Crippen MR) is 66.3 cm³/mol. The van der Waals surface area contributed by atoms with E-state index in [1.165, 1.54) is 6.07 Å². The topological polar surface area (TPSA) is 17.1 Å². The summed E-state index contributed by atoms with van der Waals surface area (Å²) in [5, 5.41) is -0.0881. The third kappa shape index (κ3) is 2.99. The number of hydrogen-bond donors (Lipinski definition) is 0. The molecule has 2 aromatic carbocycles. The zero-order valence-electron chi connectivity index (χ0n) is 9.84. The average Bonchev–Trinajstić information content (AvgIpc) is 2.37. The van der Waals surface area contributed by atoms with Crippen LogP contribution >= 0.6 is 11.6 Å². The van der Waals surface area contributed by atoms with Gasteiger partial charge in [0.25, 0.3) is 0 Å². The van der Waals surface area contributed by atoms with E-state index in [9.17, 15) is 22.4 Å². The van der Waals surface area contributed by atoms with Crippen molar-refractivity contribution in [3.63, 3.8) is 0 Å². The molecule has 104 valence electrons. The second-order valence-corrected chi connectivity index (χ2v) is 4.44. The normalized spacial score (nSPS) is 11.4. The number of carbonyl (C=O) groups excluding carboxylic acids is 1. The Balaban J connectivity index is 2.34. The summed E-state index contributed by atoms with van der Waals surface area (Å²) in [5.41, 5.74) is -0.765. The van der Waals surface area contributed by atoms with Crippen LogP contribution in [-0.4, -0.2) is 5.78 Å². The fourth-order valence-corrected chi connectivity index (χ4v) is 1.89. The molecule has 0 aromatic heterocycles. The van der Waals surface area contributed by atoms with Gasteiger partial charge in [-0.15, -0.1) is 0 Å². The quantitative estimate of drug-likeness (QED) is 0.579. The van der Waals surface area contributed by atoms with Gasteiger partial charge in [-0.2, -0.15) is 13.2 Å². The second kappa shape index (κ2) is 5.25. The first-order valence-corrected chi connectivity index (χ1v) is 5.84. The summed E-state index contributed by atoms with van der Waals surface area (Å²) in [5.74, 6) is -1.16. The van der Waals surface area contributed by atoms with Crippen LogP contribution in [0.15, 0.2) is 42.5 Å². The lowest BCUT2D eigenvalue weighted by Gasteiger charge is -2.08. The molecule has 0 heterocycles. The number of alkyl halides is 3. The van der Waals surface area contributed by atoms with E-state index in [-0.39, 0.29) is 16.1 Å².